The van der Waals surface area contributed by atoms with E-state index in [1.165, 1.54) is 5.69 Å². The van der Waals surface area contributed by atoms with Crippen LogP contribution in [0, 0.1) is 0 Å². The van der Waals surface area contributed by atoms with E-state index in [4.69, 9.17) is 0 Å². The second-order valence-corrected chi connectivity index (χ2v) is 4.02. The average molecular weight is 233 g/mol. The van der Waals surface area contributed by atoms with Crippen LogP contribution < -0.4 is 5.32 Å². The largest absolute Gasteiger partial charge is 0.377 e. The molecule has 0 aromatic carbocycles. The molecule has 0 aliphatic rings. The number of anilines is 1. The number of hydrogen-bond acceptors (Lipinski definition) is 3. The normalized spacial score (nSPS) is 10.7. The number of aromatic nitrogens is 4. The molecule has 0 aliphatic carbocycles. The van der Waals surface area contributed by atoms with E-state index in [9.17, 15) is 0 Å². The van der Waals surface area contributed by atoms with Crippen molar-refractivity contribution in [3.63, 3.8) is 0 Å². The van der Waals surface area contributed by atoms with Crippen molar-refractivity contribution in [1.29, 1.82) is 0 Å². The summed E-state index contributed by atoms with van der Waals surface area (Å²) in [5.74, 6) is 0. The summed E-state index contributed by atoms with van der Waals surface area (Å²) in [6, 6.07) is 0. The zero-order valence-corrected chi connectivity index (χ0v) is 10.4. The fourth-order valence-corrected chi connectivity index (χ4v) is 1.76. The third-order valence-electron chi connectivity index (χ3n) is 2.69. The predicted molar refractivity (Wildman–Crippen MR) is 67.7 cm³/mol. The number of nitrogens with one attached hydrogen (secondary N) is 1. The average Bonchev–Trinajstić information content (AvgIpc) is 2.95. The highest BCUT2D eigenvalue weighted by atomic mass is 15.3. The van der Waals surface area contributed by atoms with E-state index < -0.39 is 0 Å². The van der Waals surface area contributed by atoms with Gasteiger partial charge in [-0.3, -0.25) is 4.68 Å². The van der Waals surface area contributed by atoms with Crippen molar-refractivity contribution in [3.05, 3.63) is 30.6 Å². The number of aryl methyl sites for hydroxylation is 2. The molecule has 5 nitrogen and oxygen atoms in total. The zero-order chi connectivity index (χ0) is 12.1. The minimum Gasteiger partial charge on any atom is -0.377 e. The minimum absolute atomic E-state index is 0.787. The van der Waals surface area contributed by atoms with Crippen LogP contribution in [0.3, 0.4) is 0 Å². The number of hydrogen-bond donors (Lipinski definition) is 1. The standard InChI is InChI=1S/C12H19N5/c1-3-5-16-10-13-7-12(16)8-14-11-6-15-17(4-2)9-11/h6-7,9-10,14H,3-5,8H2,1-2H3. The Labute approximate surface area is 101 Å². The molecule has 0 spiro atoms. The molecule has 0 saturated heterocycles. The van der Waals surface area contributed by atoms with Gasteiger partial charge in [0.2, 0.25) is 0 Å². The lowest BCUT2D eigenvalue weighted by Gasteiger charge is -2.07. The lowest BCUT2D eigenvalue weighted by Crippen LogP contribution is -2.06. The molecule has 2 aromatic rings. The van der Waals surface area contributed by atoms with Crippen LogP contribution >= 0.6 is 0 Å². The Kier molecular flexibility index (Phi) is 3.80. The van der Waals surface area contributed by atoms with Crippen molar-refractivity contribution < 1.29 is 0 Å². The molecule has 92 valence electrons. The van der Waals surface area contributed by atoms with Crippen molar-refractivity contribution in [1.82, 2.24) is 19.3 Å². The van der Waals surface area contributed by atoms with Crippen molar-refractivity contribution >= 4 is 5.69 Å². The molecule has 2 aromatic heterocycles. The van der Waals surface area contributed by atoms with E-state index in [1.54, 1.807) is 0 Å². The van der Waals surface area contributed by atoms with Crippen LogP contribution in [-0.2, 0) is 19.6 Å². The maximum atomic E-state index is 4.23. The Balaban J connectivity index is 1.94. The smallest absolute Gasteiger partial charge is 0.0948 e. The second-order valence-electron chi connectivity index (χ2n) is 4.02. The van der Waals surface area contributed by atoms with Crippen LogP contribution in [0.1, 0.15) is 26.0 Å². The van der Waals surface area contributed by atoms with E-state index in [1.807, 2.05) is 29.6 Å². The number of imidazole rings is 1. The van der Waals surface area contributed by atoms with Crippen LogP contribution in [0.5, 0.6) is 0 Å². The first-order valence-corrected chi connectivity index (χ1v) is 6.08. The minimum atomic E-state index is 0.787. The summed E-state index contributed by atoms with van der Waals surface area (Å²) in [4.78, 5) is 4.18. The summed E-state index contributed by atoms with van der Waals surface area (Å²) in [5.41, 5.74) is 2.26. The highest BCUT2D eigenvalue weighted by Crippen LogP contribution is 2.08. The van der Waals surface area contributed by atoms with Crippen LogP contribution in [0.25, 0.3) is 0 Å². The van der Waals surface area contributed by atoms with Crippen molar-refractivity contribution in [3.8, 4) is 0 Å². The summed E-state index contributed by atoms with van der Waals surface area (Å²) in [7, 11) is 0. The molecule has 0 unspecified atom stereocenters. The third-order valence-corrected chi connectivity index (χ3v) is 2.69. The molecule has 0 radical (unpaired) electrons. The van der Waals surface area contributed by atoms with Gasteiger partial charge in [0.1, 0.15) is 0 Å². The van der Waals surface area contributed by atoms with Gasteiger partial charge < -0.3 is 9.88 Å². The molecule has 0 bridgehead atoms. The Morgan fingerprint density at radius 3 is 2.88 bits per heavy atom. The lowest BCUT2D eigenvalue weighted by atomic mass is 10.4. The van der Waals surface area contributed by atoms with Gasteiger partial charge in [-0.05, 0) is 13.3 Å². The molecule has 0 amide bonds. The van der Waals surface area contributed by atoms with Crippen LogP contribution in [0.15, 0.2) is 24.9 Å². The quantitative estimate of drug-likeness (QED) is 0.831. The third kappa shape index (κ3) is 2.87. The SMILES string of the molecule is CCCn1cncc1CNc1cnn(CC)c1. The Morgan fingerprint density at radius 2 is 2.18 bits per heavy atom. The van der Waals surface area contributed by atoms with Gasteiger partial charge in [-0.1, -0.05) is 6.92 Å². The molecular weight excluding hydrogens is 214 g/mol. The topological polar surface area (TPSA) is 47.7 Å². The van der Waals surface area contributed by atoms with Gasteiger partial charge in [0.15, 0.2) is 0 Å². The molecule has 0 fully saturated rings. The molecule has 5 heteroatoms. The molecular formula is C12H19N5. The first-order chi connectivity index (χ1) is 8.33. The van der Waals surface area contributed by atoms with E-state index in [0.29, 0.717) is 0 Å². The Morgan fingerprint density at radius 1 is 1.29 bits per heavy atom. The van der Waals surface area contributed by atoms with Gasteiger partial charge in [-0.25, -0.2) is 4.98 Å². The highest BCUT2D eigenvalue weighted by molar-refractivity contribution is 5.38. The van der Waals surface area contributed by atoms with Crippen LogP contribution in [0.2, 0.25) is 0 Å². The van der Waals surface area contributed by atoms with E-state index in [2.05, 4.69) is 33.8 Å². The molecule has 0 saturated carbocycles. The molecule has 17 heavy (non-hydrogen) atoms. The first kappa shape index (κ1) is 11.7. The molecule has 2 rings (SSSR count). The van der Waals surface area contributed by atoms with E-state index in [-0.39, 0.29) is 0 Å². The van der Waals surface area contributed by atoms with Gasteiger partial charge >= 0.3 is 0 Å². The summed E-state index contributed by atoms with van der Waals surface area (Å²) in [6.07, 6.45) is 8.78. The second kappa shape index (κ2) is 5.52. The predicted octanol–water partition coefficient (Wildman–Crippen LogP) is 2.12. The Bertz CT molecular complexity index is 457. The van der Waals surface area contributed by atoms with E-state index >= 15 is 0 Å². The van der Waals surface area contributed by atoms with Gasteiger partial charge in [0.25, 0.3) is 0 Å². The van der Waals surface area contributed by atoms with Gasteiger partial charge in [-0.2, -0.15) is 5.10 Å². The summed E-state index contributed by atoms with van der Waals surface area (Å²) in [5, 5.41) is 7.58. The van der Waals surface area contributed by atoms with E-state index in [0.717, 1.165) is 31.7 Å². The number of nitrogens with zero attached hydrogens (tertiary/aromatic N) is 4. The van der Waals surface area contributed by atoms with Crippen molar-refractivity contribution in [2.24, 2.45) is 0 Å². The highest BCUT2D eigenvalue weighted by Gasteiger charge is 2.02. The lowest BCUT2D eigenvalue weighted by molar-refractivity contribution is 0.651. The summed E-state index contributed by atoms with van der Waals surface area (Å²) in [6.45, 7) is 6.95. The van der Waals surface area contributed by atoms with Crippen LogP contribution in [-0.4, -0.2) is 19.3 Å². The Hall–Kier alpha value is -1.78. The monoisotopic (exact) mass is 233 g/mol. The molecule has 2 heterocycles. The van der Waals surface area contributed by atoms with Gasteiger partial charge in [-0.15, -0.1) is 0 Å². The summed E-state index contributed by atoms with van der Waals surface area (Å²) < 4.78 is 4.09. The van der Waals surface area contributed by atoms with Gasteiger partial charge in [0, 0.05) is 25.5 Å². The maximum Gasteiger partial charge on any atom is 0.0948 e. The van der Waals surface area contributed by atoms with Crippen molar-refractivity contribution in [2.75, 3.05) is 5.32 Å². The summed E-state index contributed by atoms with van der Waals surface area (Å²) >= 11 is 0. The van der Waals surface area contributed by atoms with Gasteiger partial charge in [0.05, 0.1) is 30.5 Å². The first-order valence-electron chi connectivity index (χ1n) is 6.08. The van der Waals surface area contributed by atoms with Crippen molar-refractivity contribution in [2.45, 2.75) is 39.9 Å². The van der Waals surface area contributed by atoms with Crippen LogP contribution in [0.4, 0.5) is 5.69 Å². The fraction of sp³-hybridized carbons (Fsp3) is 0.500. The molecule has 0 aliphatic heterocycles. The number of rotatable bonds is 6. The molecule has 1 N–H and O–H groups in total. The fourth-order valence-electron chi connectivity index (χ4n) is 1.76. The maximum absolute atomic E-state index is 4.23. The molecule has 0 atom stereocenters. The zero-order valence-electron chi connectivity index (χ0n) is 10.4.